The van der Waals surface area contributed by atoms with Gasteiger partial charge < -0.3 is 0 Å². The van der Waals surface area contributed by atoms with E-state index in [1.54, 1.807) is 12.3 Å². The fraction of sp³-hybridized carbons (Fsp3) is 0. The standard InChI is InChI=1S/C17H15N5O2Se/c18-16(21-23)11-3-1-10(2-4-11)14-7-8-15(25-14)12-5-6-13(20-9-12)17(19)22-24/h1-9,23-24H,(H2,18,21)(H2,19,22). The molecule has 0 unspecified atom stereocenters. The van der Waals surface area contributed by atoms with E-state index < -0.39 is 0 Å². The quantitative estimate of drug-likeness (QED) is 0.174. The molecule has 2 heterocycles. The monoisotopic (exact) mass is 401 g/mol. The second kappa shape index (κ2) is 7.21. The third-order valence-corrected chi connectivity index (χ3v) is 6.08. The van der Waals surface area contributed by atoms with E-state index in [4.69, 9.17) is 21.9 Å². The van der Waals surface area contributed by atoms with Crippen LogP contribution in [0.1, 0.15) is 11.3 Å². The van der Waals surface area contributed by atoms with Crippen LogP contribution in [0.15, 0.2) is 65.0 Å². The summed E-state index contributed by atoms with van der Waals surface area (Å²) in [6.07, 6.45) is 1.72. The molecular formula is C17H15N5O2Se. The minimum atomic E-state index is -0.0120. The number of oxime groups is 2. The molecule has 3 rings (SSSR count). The van der Waals surface area contributed by atoms with E-state index in [9.17, 15) is 0 Å². The van der Waals surface area contributed by atoms with E-state index >= 15 is 0 Å². The van der Waals surface area contributed by atoms with Crippen LogP contribution in [-0.4, -0.2) is 41.6 Å². The molecule has 0 aliphatic carbocycles. The van der Waals surface area contributed by atoms with Crippen molar-refractivity contribution < 1.29 is 10.4 Å². The van der Waals surface area contributed by atoms with Crippen LogP contribution in [0, 0.1) is 0 Å². The summed E-state index contributed by atoms with van der Waals surface area (Å²) >= 11 is 0.137. The molecule has 0 saturated carbocycles. The van der Waals surface area contributed by atoms with Gasteiger partial charge in [0.1, 0.15) is 0 Å². The van der Waals surface area contributed by atoms with Crippen molar-refractivity contribution in [1.29, 1.82) is 0 Å². The summed E-state index contributed by atoms with van der Waals surface area (Å²) in [5, 5.41) is 23.3. The maximum absolute atomic E-state index is 8.71. The molecule has 0 bridgehead atoms. The number of benzene rings is 1. The Morgan fingerprint density at radius 3 is 1.96 bits per heavy atom. The molecular weight excluding hydrogens is 385 g/mol. The summed E-state index contributed by atoms with van der Waals surface area (Å²) in [7, 11) is 0. The van der Waals surface area contributed by atoms with Crippen LogP contribution in [-0.2, 0) is 0 Å². The van der Waals surface area contributed by atoms with Crippen LogP contribution in [0.5, 0.6) is 0 Å². The first-order valence-corrected chi connectivity index (χ1v) is 8.96. The first kappa shape index (κ1) is 16.8. The molecule has 0 aliphatic rings. The van der Waals surface area contributed by atoms with Gasteiger partial charge in [-0.3, -0.25) is 0 Å². The summed E-state index contributed by atoms with van der Waals surface area (Å²) in [5.74, 6) is 0.0789. The van der Waals surface area contributed by atoms with Gasteiger partial charge in [0.2, 0.25) is 0 Å². The number of nitrogens with zero attached hydrogens (tertiary/aromatic N) is 3. The summed E-state index contributed by atoms with van der Waals surface area (Å²) in [6.45, 7) is 0. The van der Waals surface area contributed by atoms with Crippen molar-refractivity contribution in [1.82, 2.24) is 4.98 Å². The van der Waals surface area contributed by atoms with Crippen LogP contribution in [0.2, 0.25) is 0 Å². The van der Waals surface area contributed by atoms with E-state index in [0.717, 1.165) is 11.1 Å². The Hall–Kier alpha value is -3.09. The van der Waals surface area contributed by atoms with Gasteiger partial charge in [0.05, 0.1) is 0 Å². The second-order valence-electron chi connectivity index (χ2n) is 5.14. The fourth-order valence-electron chi connectivity index (χ4n) is 2.25. The van der Waals surface area contributed by atoms with Crippen molar-refractivity contribution in [3.8, 4) is 20.0 Å². The van der Waals surface area contributed by atoms with Crippen LogP contribution in [0.25, 0.3) is 20.0 Å². The van der Waals surface area contributed by atoms with E-state index in [1.807, 2.05) is 30.3 Å². The van der Waals surface area contributed by atoms with Gasteiger partial charge in [-0.05, 0) is 0 Å². The Labute approximate surface area is 149 Å². The molecule has 8 heteroatoms. The average molecular weight is 400 g/mol. The number of aromatic nitrogens is 1. The van der Waals surface area contributed by atoms with Gasteiger partial charge in [-0.15, -0.1) is 0 Å². The molecule has 2 aromatic heterocycles. The second-order valence-corrected chi connectivity index (χ2v) is 7.42. The Bertz CT molecular complexity index is 854. The van der Waals surface area contributed by atoms with Gasteiger partial charge in [0.15, 0.2) is 0 Å². The van der Waals surface area contributed by atoms with Gasteiger partial charge in [-0.2, -0.15) is 0 Å². The van der Waals surface area contributed by atoms with Gasteiger partial charge >= 0.3 is 149 Å². The molecule has 0 amide bonds. The Morgan fingerprint density at radius 2 is 1.40 bits per heavy atom. The zero-order chi connectivity index (χ0) is 17.8. The SMILES string of the molecule is N/C(=N\O)c1ccc(-c2ccc(-c3ccc(/C(N)=N/O)nc3)[se]2)cc1. The number of rotatable bonds is 4. The molecule has 6 N–H and O–H groups in total. The van der Waals surface area contributed by atoms with E-state index in [1.165, 1.54) is 8.87 Å². The van der Waals surface area contributed by atoms with Gasteiger partial charge in [0.25, 0.3) is 0 Å². The summed E-state index contributed by atoms with van der Waals surface area (Å²) < 4.78 is 2.43. The number of hydrogen-bond donors (Lipinski definition) is 4. The summed E-state index contributed by atoms with van der Waals surface area (Å²) in [5.41, 5.74) is 14.3. The van der Waals surface area contributed by atoms with E-state index in [0.29, 0.717) is 11.3 Å². The molecule has 25 heavy (non-hydrogen) atoms. The third-order valence-electron chi connectivity index (χ3n) is 3.60. The van der Waals surface area contributed by atoms with E-state index in [-0.39, 0.29) is 26.2 Å². The van der Waals surface area contributed by atoms with Crippen LogP contribution in [0.4, 0.5) is 0 Å². The van der Waals surface area contributed by atoms with Gasteiger partial charge in [-0.1, -0.05) is 0 Å². The van der Waals surface area contributed by atoms with Gasteiger partial charge in [0, 0.05) is 0 Å². The Kier molecular flexibility index (Phi) is 4.83. The normalized spacial score (nSPS) is 12.3. The van der Waals surface area contributed by atoms with Crippen molar-refractivity contribution in [2.45, 2.75) is 0 Å². The maximum atomic E-state index is 8.71. The molecule has 126 valence electrons. The van der Waals surface area contributed by atoms with Crippen molar-refractivity contribution >= 4 is 26.2 Å². The number of hydrogen-bond acceptors (Lipinski definition) is 5. The topological polar surface area (TPSA) is 130 Å². The number of amidine groups is 2. The van der Waals surface area contributed by atoms with Gasteiger partial charge in [-0.25, -0.2) is 0 Å². The average Bonchev–Trinajstić information content (AvgIpc) is 3.17. The molecule has 0 saturated heterocycles. The predicted molar refractivity (Wildman–Crippen MR) is 97.1 cm³/mol. The van der Waals surface area contributed by atoms with Crippen molar-refractivity contribution in [3.05, 3.63) is 66.0 Å². The molecule has 0 spiro atoms. The molecule has 0 radical (unpaired) electrons. The zero-order valence-corrected chi connectivity index (χ0v) is 14.7. The predicted octanol–water partition coefficient (Wildman–Crippen LogP) is 1.66. The van der Waals surface area contributed by atoms with E-state index in [2.05, 4.69) is 27.4 Å². The van der Waals surface area contributed by atoms with Crippen LogP contribution in [0.3, 0.4) is 0 Å². The Morgan fingerprint density at radius 1 is 0.800 bits per heavy atom. The molecule has 0 atom stereocenters. The fourth-order valence-corrected chi connectivity index (χ4v) is 4.36. The third kappa shape index (κ3) is 3.55. The first-order valence-electron chi connectivity index (χ1n) is 7.25. The summed E-state index contributed by atoms with van der Waals surface area (Å²) in [6, 6.07) is 15.4. The van der Waals surface area contributed by atoms with Crippen LogP contribution >= 0.6 is 0 Å². The molecule has 7 nitrogen and oxygen atoms in total. The zero-order valence-electron chi connectivity index (χ0n) is 13.0. The first-order chi connectivity index (χ1) is 12.1. The van der Waals surface area contributed by atoms with Crippen molar-refractivity contribution in [2.24, 2.45) is 21.8 Å². The van der Waals surface area contributed by atoms with Crippen LogP contribution < -0.4 is 11.5 Å². The minimum absolute atomic E-state index is 0.0120. The molecule has 1 aromatic carbocycles. The molecule has 0 fully saturated rings. The number of nitrogens with two attached hydrogens (primary N) is 2. The van der Waals surface area contributed by atoms with Crippen molar-refractivity contribution in [2.75, 3.05) is 0 Å². The number of pyridine rings is 1. The Balaban J connectivity index is 1.85. The van der Waals surface area contributed by atoms with Crippen molar-refractivity contribution in [3.63, 3.8) is 0 Å². The molecule has 0 aliphatic heterocycles. The molecule has 3 aromatic rings. The summed E-state index contributed by atoms with van der Waals surface area (Å²) in [4.78, 5) is 4.21.